The molecule has 1 aromatic heterocycles. The van der Waals surface area contributed by atoms with Crippen LogP contribution in [0.3, 0.4) is 0 Å². The van der Waals surface area contributed by atoms with Crippen molar-refractivity contribution in [3.8, 4) is 5.69 Å². The Balaban J connectivity index is 2.12. The van der Waals surface area contributed by atoms with E-state index in [0.717, 1.165) is 5.95 Å². The number of aryl methyl sites for hydroxylation is 2. The van der Waals surface area contributed by atoms with E-state index in [0.29, 0.717) is 5.92 Å². The fraction of sp³-hybridized carbons (Fsp3) is 0.286. The number of hydrogen-bond donors (Lipinski definition) is 0. The molecule has 1 heterocycles. The van der Waals surface area contributed by atoms with Crippen LogP contribution in [0.5, 0.6) is 0 Å². The topological polar surface area (TPSA) is 21.1 Å². The maximum Gasteiger partial charge on any atom is 0.214 e. The number of aromatic nitrogens is 2. The Bertz CT molecular complexity index is 826. The van der Waals surface area contributed by atoms with Crippen LogP contribution >= 0.6 is 0 Å². The van der Waals surface area contributed by atoms with Gasteiger partial charge in [0.1, 0.15) is 0 Å². The molecule has 24 heavy (non-hydrogen) atoms. The van der Waals surface area contributed by atoms with Crippen LogP contribution in [0.2, 0.25) is 0 Å². The van der Waals surface area contributed by atoms with Crippen molar-refractivity contribution in [3.63, 3.8) is 0 Å². The van der Waals surface area contributed by atoms with Crippen LogP contribution in [0, 0.1) is 13.8 Å². The molecular formula is C21H25N3. The third-order valence-electron chi connectivity index (χ3n) is 4.52. The SMILES string of the molecule is Cc1cccc(C)c1-n1ccnc1N(C)c1ccccc1C(C)C. The lowest BCUT2D eigenvalue weighted by Gasteiger charge is -2.25. The highest BCUT2D eigenvalue weighted by Crippen LogP contribution is 2.32. The second kappa shape index (κ2) is 6.52. The predicted molar refractivity (Wildman–Crippen MR) is 102 cm³/mol. The van der Waals surface area contributed by atoms with Gasteiger partial charge < -0.3 is 4.90 Å². The van der Waals surface area contributed by atoms with Crippen molar-refractivity contribution >= 4 is 11.6 Å². The zero-order chi connectivity index (χ0) is 17.3. The maximum absolute atomic E-state index is 4.64. The molecule has 124 valence electrons. The third kappa shape index (κ3) is 2.82. The van der Waals surface area contributed by atoms with Gasteiger partial charge in [0.05, 0.1) is 5.69 Å². The van der Waals surface area contributed by atoms with Crippen LogP contribution in [0.15, 0.2) is 54.9 Å². The Hall–Kier alpha value is -2.55. The zero-order valence-electron chi connectivity index (χ0n) is 15.1. The van der Waals surface area contributed by atoms with E-state index in [-0.39, 0.29) is 0 Å². The summed E-state index contributed by atoms with van der Waals surface area (Å²) in [6, 6.07) is 14.9. The van der Waals surface area contributed by atoms with Crippen molar-refractivity contribution in [2.24, 2.45) is 0 Å². The van der Waals surface area contributed by atoms with Crippen molar-refractivity contribution in [2.45, 2.75) is 33.6 Å². The van der Waals surface area contributed by atoms with Crippen molar-refractivity contribution in [3.05, 3.63) is 71.5 Å². The zero-order valence-corrected chi connectivity index (χ0v) is 15.1. The lowest BCUT2D eigenvalue weighted by molar-refractivity contribution is 0.856. The molecule has 3 aromatic rings. The molecule has 3 heteroatoms. The number of para-hydroxylation sites is 2. The third-order valence-corrected chi connectivity index (χ3v) is 4.52. The van der Waals surface area contributed by atoms with Gasteiger partial charge in [-0.3, -0.25) is 4.57 Å². The molecule has 0 spiro atoms. The molecule has 0 aliphatic carbocycles. The van der Waals surface area contributed by atoms with Gasteiger partial charge in [-0.15, -0.1) is 0 Å². The van der Waals surface area contributed by atoms with Crippen molar-refractivity contribution in [1.82, 2.24) is 9.55 Å². The Morgan fingerprint density at radius 3 is 2.29 bits per heavy atom. The molecule has 2 aromatic carbocycles. The number of benzene rings is 2. The largest absolute Gasteiger partial charge is 0.314 e. The molecule has 0 atom stereocenters. The highest BCUT2D eigenvalue weighted by Gasteiger charge is 2.17. The van der Waals surface area contributed by atoms with Crippen LogP contribution < -0.4 is 4.90 Å². The molecule has 0 unspecified atom stereocenters. The summed E-state index contributed by atoms with van der Waals surface area (Å²) in [6.45, 7) is 8.75. The van der Waals surface area contributed by atoms with Gasteiger partial charge in [-0.1, -0.05) is 50.2 Å². The summed E-state index contributed by atoms with van der Waals surface area (Å²) in [7, 11) is 2.09. The summed E-state index contributed by atoms with van der Waals surface area (Å²) in [5, 5.41) is 0. The number of nitrogens with zero attached hydrogens (tertiary/aromatic N) is 3. The highest BCUT2D eigenvalue weighted by molar-refractivity contribution is 5.64. The first-order valence-corrected chi connectivity index (χ1v) is 8.43. The number of anilines is 2. The molecule has 0 aliphatic rings. The van der Waals surface area contributed by atoms with E-state index in [1.165, 1.54) is 28.1 Å². The molecule has 0 saturated carbocycles. The van der Waals surface area contributed by atoms with E-state index in [1.54, 1.807) is 0 Å². The Morgan fingerprint density at radius 1 is 0.958 bits per heavy atom. The van der Waals surface area contributed by atoms with Gasteiger partial charge in [-0.25, -0.2) is 4.98 Å². The second-order valence-corrected chi connectivity index (χ2v) is 6.61. The van der Waals surface area contributed by atoms with Crippen LogP contribution in [0.25, 0.3) is 5.69 Å². The van der Waals surface area contributed by atoms with E-state index in [2.05, 4.69) is 91.7 Å². The average Bonchev–Trinajstić information content (AvgIpc) is 3.03. The monoisotopic (exact) mass is 319 g/mol. The molecule has 3 rings (SSSR count). The standard InChI is InChI=1S/C21H25N3/c1-15(2)18-11-6-7-12-19(18)23(5)21-22-13-14-24(21)20-16(3)9-8-10-17(20)4/h6-15H,1-5H3. The minimum atomic E-state index is 0.465. The Labute approximate surface area is 144 Å². The molecular weight excluding hydrogens is 294 g/mol. The molecule has 0 radical (unpaired) electrons. The summed E-state index contributed by atoms with van der Waals surface area (Å²) in [4.78, 5) is 6.82. The maximum atomic E-state index is 4.64. The molecule has 0 bridgehead atoms. The van der Waals surface area contributed by atoms with Crippen LogP contribution in [0.1, 0.15) is 36.5 Å². The van der Waals surface area contributed by atoms with Crippen molar-refractivity contribution in [1.29, 1.82) is 0 Å². The van der Waals surface area contributed by atoms with Gasteiger partial charge in [-0.2, -0.15) is 0 Å². The van der Waals surface area contributed by atoms with E-state index >= 15 is 0 Å². The van der Waals surface area contributed by atoms with E-state index in [4.69, 9.17) is 0 Å². The molecule has 0 saturated heterocycles. The first-order chi connectivity index (χ1) is 11.5. The number of rotatable bonds is 4. The number of imidazole rings is 1. The summed E-state index contributed by atoms with van der Waals surface area (Å²) in [5.74, 6) is 1.40. The normalized spacial score (nSPS) is 11.1. The summed E-state index contributed by atoms with van der Waals surface area (Å²) in [5.41, 5.74) is 6.24. The lowest BCUT2D eigenvalue weighted by Crippen LogP contribution is -2.17. The molecule has 3 nitrogen and oxygen atoms in total. The minimum absolute atomic E-state index is 0.465. The van der Waals surface area contributed by atoms with Gasteiger partial charge in [0, 0.05) is 25.1 Å². The molecule has 0 N–H and O–H groups in total. The fourth-order valence-corrected chi connectivity index (χ4v) is 3.29. The first kappa shape index (κ1) is 16.3. The van der Waals surface area contributed by atoms with Gasteiger partial charge >= 0.3 is 0 Å². The second-order valence-electron chi connectivity index (χ2n) is 6.61. The van der Waals surface area contributed by atoms with Crippen LogP contribution in [0.4, 0.5) is 11.6 Å². The van der Waals surface area contributed by atoms with Gasteiger partial charge in [-0.05, 0) is 42.5 Å². The smallest absolute Gasteiger partial charge is 0.214 e. The van der Waals surface area contributed by atoms with E-state index in [9.17, 15) is 0 Å². The van der Waals surface area contributed by atoms with E-state index < -0.39 is 0 Å². The first-order valence-electron chi connectivity index (χ1n) is 8.43. The van der Waals surface area contributed by atoms with Crippen molar-refractivity contribution < 1.29 is 0 Å². The summed E-state index contributed by atoms with van der Waals surface area (Å²) < 4.78 is 2.18. The minimum Gasteiger partial charge on any atom is -0.314 e. The summed E-state index contributed by atoms with van der Waals surface area (Å²) >= 11 is 0. The van der Waals surface area contributed by atoms with Gasteiger partial charge in [0.25, 0.3) is 0 Å². The average molecular weight is 319 g/mol. The summed E-state index contributed by atoms with van der Waals surface area (Å²) in [6.07, 6.45) is 3.91. The number of hydrogen-bond acceptors (Lipinski definition) is 2. The molecule has 0 amide bonds. The van der Waals surface area contributed by atoms with Crippen molar-refractivity contribution in [2.75, 3.05) is 11.9 Å². The Kier molecular flexibility index (Phi) is 4.43. The fourth-order valence-electron chi connectivity index (χ4n) is 3.29. The molecule has 0 fully saturated rings. The Morgan fingerprint density at radius 2 is 1.62 bits per heavy atom. The van der Waals surface area contributed by atoms with Crippen LogP contribution in [-0.4, -0.2) is 16.6 Å². The lowest BCUT2D eigenvalue weighted by atomic mass is 10.0. The predicted octanol–water partition coefficient (Wildman–Crippen LogP) is 5.38. The van der Waals surface area contributed by atoms with Gasteiger partial charge in [0.2, 0.25) is 5.95 Å². The quantitative estimate of drug-likeness (QED) is 0.643. The van der Waals surface area contributed by atoms with Crippen LogP contribution in [-0.2, 0) is 0 Å². The molecule has 0 aliphatic heterocycles. The highest BCUT2D eigenvalue weighted by atomic mass is 15.3. The van der Waals surface area contributed by atoms with E-state index in [1.807, 2.05) is 12.4 Å². The van der Waals surface area contributed by atoms with Gasteiger partial charge in [0.15, 0.2) is 0 Å².